The van der Waals surface area contributed by atoms with Crippen molar-refractivity contribution < 1.29 is 9.18 Å². The van der Waals surface area contributed by atoms with E-state index >= 15 is 0 Å². The number of hydrogen-bond donors (Lipinski definition) is 1. The van der Waals surface area contributed by atoms with E-state index in [1.54, 1.807) is 13.0 Å². The Morgan fingerprint density at radius 2 is 1.80 bits per heavy atom. The number of amides is 1. The fourth-order valence-electron chi connectivity index (χ4n) is 3.03. The average Bonchev–Trinajstić information content (AvgIpc) is 2.59. The predicted molar refractivity (Wildman–Crippen MR) is 99.2 cm³/mol. The SMILES string of the molecule is CCNC(=NCC(C)(C)c1ccccc1F)N1CCN(C(C)=O)CC1. The second-order valence-electron chi connectivity index (χ2n) is 7.03. The highest BCUT2D eigenvalue weighted by Crippen LogP contribution is 2.26. The van der Waals surface area contributed by atoms with Crippen LogP contribution in [-0.4, -0.2) is 60.9 Å². The first-order chi connectivity index (χ1) is 11.8. The molecule has 0 bridgehead atoms. The van der Waals surface area contributed by atoms with Crippen LogP contribution in [0.5, 0.6) is 0 Å². The lowest BCUT2D eigenvalue weighted by Gasteiger charge is -2.36. The van der Waals surface area contributed by atoms with Gasteiger partial charge in [-0.2, -0.15) is 0 Å². The molecule has 1 heterocycles. The van der Waals surface area contributed by atoms with Crippen LogP contribution in [0.15, 0.2) is 29.3 Å². The van der Waals surface area contributed by atoms with E-state index in [-0.39, 0.29) is 11.7 Å². The number of rotatable bonds is 4. The highest BCUT2D eigenvalue weighted by atomic mass is 19.1. The zero-order valence-corrected chi connectivity index (χ0v) is 15.7. The van der Waals surface area contributed by atoms with Crippen molar-refractivity contribution >= 4 is 11.9 Å². The first-order valence-corrected chi connectivity index (χ1v) is 8.89. The Kier molecular flexibility index (Phi) is 6.39. The van der Waals surface area contributed by atoms with Crippen molar-refractivity contribution in [1.82, 2.24) is 15.1 Å². The molecule has 0 unspecified atom stereocenters. The van der Waals surface area contributed by atoms with Crippen LogP contribution < -0.4 is 5.32 Å². The van der Waals surface area contributed by atoms with E-state index < -0.39 is 5.41 Å². The van der Waals surface area contributed by atoms with Crippen molar-refractivity contribution in [2.45, 2.75) is 33.1 Å². The van der Waals surface area contributed by atoms with E-state index in [0.29, 0.717) is 25.2 Å². The summed E-state index contributed by atoms with van der Waals surface area (Å²) in [4.78, 5) is 20.2. The first kappa shape index (κ1) is 19.2. The standard InChI is InChI=1S/C19H29FN4O/c1-5-21-18(24-12-10-23(11-13-24)15(2)25)22-14-19(3,4)16-8-6-7-9-17(16)20/h6-9H,5,10-14H2,1-4H3,(H,21,22). The molecule has 0 atom stereocenters. The molecule has 138 valence electrons. The molecular formula is C19H29FN4O. The molecule has 0 aromatic heterocycles. The molecule has 1 aliphatic heterocycles. The molecule has 1 aliphatic rings. The van der Waals surface area contributed by atoms with E-state index in [0.717, 1.165) is 25.6 Å². The van der Waals surface area contributed by atoms with Crippen LogP contribution in [0.1, 0.15) is 33.3 Å². The molecule has 5 nitrogen and oxygen atoms in total. The van der Waals surface area contributed by atoms with Gasteiger partial charge in [0.1, 0.15) is 5.82 Å². The van der Waals surface area contributed by atoms with Crippen LogP contribution >= 0.6 is 0 Å². The zero-order chi connectivity index (χ0) is 18.4. The number of nitrogens with zero attached hydrogens (tertiary/aromatic N) is 3. The molecule has 1 N–H and O–H groups in total. The minimum Gasteiger partial charge on any atom is -0.357 e. The summed E-state index contributed by atoms with van der Waals surface area (Å²) in [5.74, 6) is 0.750. The predicted octanol–water partition coefficient (Wildman–Crippen LogP) is 2.23. The number of guanidine groups is 1. The van der Waals surface area contributed by atoms with E-state index in [9.17, 15) is 9.18 Å². The summed E-state index contributed by atoms with van der Waals surface area (Å²) in [6.45, 7) is 11.8. The Balaban J connectivity index is 2.09. The number of halogens is 1. The normalized spacial score (nSPS) is 16.1. The summed E-state index contributed by atoms with van der Waals surface area (Å²) in [5.41, 5.74) is 0.281. The van der Waals surface area contributed by atoms with Gasteiger partial charge in [-0.3, -0.25) is 9.79 Å². The summed E-state index contributed by atoms with van der Waals surface area (Å²) < 4.78 is 14.1. The number of piperazine rings is 1. The minimum absolute atomic E-state index is 0.113. The van der Waals surface area contributed by atoms with Crippen molar-refractivity contribution in [3.8, 4) is 0 Å². The van der Waals surface area contributed by atoms with Gasteiger partial charge in [-0.15, -0.1) is 0 Å². The Morgan fingerprint density at radius 1 is 1.20 bits per heavy atom. The Morgan fingerprint density at radius 3 is 2.36 bits per heavy atom. The molecule has 2 rings (SSSR count). The molecule has 1 aromatic carbocycles. The van der Waals surface area contributed by atoms with Crippen molar-refractivity contribution in [3.63, 3.8) is 0 Å². The smallest absolute Gasteiger partial charge is 0.219 e. The lowest BCUT2D eigenvalue weighted by Crippen LogP contribution is -2.53. The second-order valence-corrected chi connectivity index (χ2v) is 7.03. The van der Waals surface area contributed by atoms with Gasteiger partial charge in [0.2, 0.25) is 5.91 Å². The molecular weight excluding hydrogens is 319 g/mol. The maximum Gasteiger partial charge on any atom is 0.219 e. The van der Waals surface area contributed by atoms with E-state index in [1.165, 1.54) is 6.07 Å². The summed E-state index contributed by atoms with van der Waals surface area (Å²) in [5, 5.41) is 3.31. The Bertz CT molecular complexity index is 622. The molecule has 6 heteroatoms. The minimum atomic E-state index is -0.396. The van der Waals surface area contributed by atoms with Crippen LogP contribution in [0.3, 0.4) is 0 Å². The third kappa shape index (κ3) is 4.94. The molecule has 25 heavy (non-hydrogen) atoms. The Hall–Kier alpha value is -2.11. The van der Waals surface area contributed by atoms with Gasteiger partial charge in [-0.1, -0.05) is 32.0 Å². The first-order valence-electron chi connectivity index (χ1n) is 8.89. The maximum atomic E-state index is 14.1. The lowest BCUT2D eigenvalue weighted by atomic mass is 9.84. The summed E-state index contributed by atoms with van der Waals surface area (Å²) in [6, 6.07) is 6.88. The van der Waals surface area contributed by atoms with Gasteiger partial charge in [0.15, 0.2) is 5.96 Å². The van der Waals surface area contributed by atoms with E-state index in [4.69, 9.17) is 4.99 Å². The van der Waals surface area contributed by atoms with E-state index in [2.05, 4.69) is 10.2 Å². The van der Waals surface area contributed by atoms with Gasteiger partial charge >= 0.3 is 0 Å². The van der Waals surface area contributed by atoms with Gasteiger partial charge in [0, 0.05) is 45.1 Å². The highest BCUT2D eigenvalue weighted by Gasteiger charge is 2.25. The van der Waals surface area contributed by atoms with Gasteiger partial charge in [0.05, 0.1) is 6.54 Å². The Labute approximate surface area is 149 Å². The van der Waals surface area contributed by atoms with Crippen LogP contribution in [0.4, 0.5) is 4.39 Å². The number of benzene rings is 1. The summed E-state index contributed by atoms with van der Waals surface area (Å²) in [7, 11) is 0. The number of carbonyl (C=O) groups excluding carboxylic acids is 1. The van der Waals surface area contributed by atoms with Crippen molar-refractivity contribution in [1.29, 1.82) is 0 Å². The third-order valence-corrected chi connectivity index (χ3v) is 4.59. The number of aliphatic imine (C=N–C) groups is 1. The topological polar surface area (TPSA) is 47.9 Å². The van der Waals surface area contributed by atoms with Gasteiger partial charge in [-0.25, -0.2) is 4.39 Å². The van der Waals surface area contributed by atoms with Crippen molar-refractivity contribution in [2.24, 2.45) is 4.99 Å². The third-order valence-electron chi connectivity index (χ3n) is 4.59. The van der Waals surface area contributed by atoms with E-state index in [1.807, 2.05) is 37.8 Å². The molecule has 1 amide bonds. The molecule has 0 aliphatic carbocycles. The highest BCUT2D eigenvalue weighted by molar-refractivity contribution is 5.80. The second kappa shape index (κ2) is 8.32. The van der Waals surface area contributed by atoms with Crippen molar-refractivity contribution in [3.05, 3.63) is 35.6 Å². The van der Waals surface area contributed by atoms with Crippen LogP contribution in [0.25, 0.3) is 0 Å². The maximum absolute atomic E-state index is 14.1. The number of carbonyl (C=O) groups is 1. The number of hydrogen-bond acceptors (Lipinski definition) is 2. The van der Waals surface area contributed by atoms with Gasteiger partial charge in [-0.05, 0) is 18.6 Å². The summed E-state index contributed by atoms with van der Waals surface area (Å²) >= 11 is 0. The monoisotopic (exact) mass is 348 g/mol. The lowest BCUT2D eigenvalue weighted by molar-refractivity contribution is -0.130. The molecule has 1 aromatic rings. The van der Waals surface area contributed by atoms with Crippen molar-refractivity contribution in [2.75, 3.05) is 39.3 Å². The molecule has 0 radical (unpaired) electrons. The zero-order valence-electron chi connectivity index (χ0n) is 15.7. The molecule has 0 spiro atoms. The van der Waals surface area contributed by atoms with Crippen LogP contribution in [0, 0.1) is 5.82 Å². The van der Waals surface area contributed by atoms with Gasteiger partial charge in [0.25, 0.3) is 0 Å². The fourth-order valence-corrected chi connectivity index (χ4v) is 3.03. The molecule has 1 fully saturated rings. The fraction of sp³-hybridized carbons (Fsp3) is 0.579. The average molecular weight is 348 g/mol. The van der Waals surface area contributed by atoms with Gasteiger partial charge < -0.3 is 15.1 Å². The molecule has 0 saturated carbocycles. The van der Waals surface area contributed by atoms with Crippen LogP contribution in [0.2, 0.25) is 0 Å². The molecule has 1 saturated heterocycles. The van der Waals surface area contributed by atoms with Crippen LogP contribution in [-0.2, 0) is 10.2 Å². The number of nitrogens with one attached hydrogen (secondary N) is 1. The summed E-state index contributed by atoms with van der Waals surface area (Å²) in [6.07, 6.45) is 0. The largest absolute Gasteiger partial charge is 0.357 e. The quantitative estimate of drug-likeness (QED) is 0.671.